The van der Waals surface area contributed by atoms with Gasteiger partial charge in [0.2, 0.25) is 5.91 Å². The van der Waals surface area contributed by atoms with Gasteiger partial charge in [0.05, 0.1) is 18.6 Å². The van der Waals surface area contributed by atoms with E-state index in [9.17, 15) is 4.79 Å². The van der Waals surface area contributed by atoms with E-state index in [1.54, 1.807) is 18.3 Å². The molecule has 0 saturated heterocycles. The van der Waals surface area contributed by atoms with Crippen molar-refractivity contribution >= 4 is 22.9 Å². The molecule has 1 amide bonds. The van der Waals surface area contributed by atoms with E-state index < -0.39 is 0 Å². The lowest BCUT2D eigenvalue weighted by Gasteiger charge is -2.17. The molecule has 23 heavy (non-hydrogen) atoms. The van der Waals surface area contributed by atoms with E-state index in [-0.39, 0.29) is 12.5 Å². The highest BCUT2D eigenvalue weighted by atomic mass is 16.5. The van der Waals surface area contributed by atoms with E-state index in [2.05, 4.69) is 30.4 Å². The first kappa shape index (κ1) is 14.9. The van der Waals surface area contributed by atoms with Gasteiger partial charge in [0.15, 0.2) is 11.5 Å². The van der Waals surface area contributed by atoms with Crippen LogP contribution < -0.4 is 10.2 Å². The quantitative estimate of drug-likeness (QED) is 0.713. The van der Waals surface area contributed by atoms with Crippen LogP contribution in [0, 0.1) is 13.8 Å². The number of amides is 1. The number of rotatable bonds is 5. The Labute approximate surface area is 132 Å². The first-order valence-corrected chi connectivity index (χ1v) is 7.10. The van der Waals surface area contributed by atoms with Crippen LogP contribution in [-0.4, -0.2) is 44.6 Å². The Kier molecular flexibility index (Phi) is 3.92. The maximum atomic E-state index is 12.1. The zero-order chi connectivity index (χ0) is 16.4. The molecule has 0 atom stereocenters. The highest BCUT2D eigenvalue weighted by Crippen LogP contribution is 2.17. The van der Waals surface area contributed by atoms with Crippen molar-refractivity contribution in [1.29, 1.82) is 0 Å². The molecule has 0 fully saturated rings. The lowest BCUT2D eigenvalue weighted by Crippen LogP contribution is -2.35. The number of imidazole rings is 1. The van der Waals surface area contributed by atoms with Crippen molar-refractivity contribution < 1.29 is 9.32 Å². The number of aromatic amines is 1. The summed E-state index contributed by atoms with van der Waals surface area (Å²) >= 11 is 0. The van der Waals surface area contributed by atoms with Crippen molar-refractivity contribution in [2.24, 2.45) is 0 Å². The van der Waals surface area contributed by atoms with Crippen molar-refractivity contribution in [3.63, 3.8) is 0 Å². The third-order valence-corrected chi connectivity index (χ3v) is 3.59. The van der Waals surface area contributed by atoms with Crippen molar-refractivity contribution in [2.45, 2.75) is 20.4 Å². The topological polar surface area (TPSA) is 113 Å². The fraction of sp³-hybridized carbons (Fsp3) is 0.357. The first-order chi connectivity index (χ1) is 11.1. The summed E-state index contributed by atoms with van der Waals surface area (Å²) in [6.07, 6.45) is 2.98. The highest BCUT2D eigenvalue weighted by molar-refractivity contribution is 5.86. The zero-order valence-electron chi connectivity index (χ0n) is 13.1. The molecule has 9 heteroatoms. The number of nitrogens with one attached hydrogen (secondary N) is 2. The predicted octanol–water partition coefficient (Wildman–Crippen LogP) is 0.710. The summed E-state index contributed by atoms with van der Waals surface area (Å²) < 4.78 is 5.08. The largest absolute Gasteiger partial charge is 0.361 e. The molecular formula is C14H17N7O2. The SMILES string of the molecule is Cc1noc(C)c1CNC(=O)CN(C)c1ncnc2nc[nH]c12. The lowest BCUT2D eigenvalue weighted by molar-refractivity contribution is -0.119. The molecule has 0 aromatic carbocycles. The summed E-state index contributed by atoms with van der Waals surface area (Å²) in [6.45, 7) is 4.22. The summed E-state index contributed by atoms with van der Waals surface area (Å²) in [6, 6.07) is 0. The molecule has 0 aliphatic carbocycles. The minimum absolute atomic E-state index is 0.126. The molecule has 9 nitrogen and oxygen atoms in total. The van der Waals surface area contributed by atoms with Gasteiger partial charge >= 0.3 is 0 Å². The number of aryl methyl sites for hydroxylation is 2. The van der Waals surface area contributed by atoms with Crippen LogP contribution in [0.25, 0.3) is 11.2 Å². The van der Waals surface area contributed by atoms with Gasteiger partial charge in [-0.1, -0.05) is 5.16 Å². The number of carbonyl (C=O) groups excluding carboxylic acids is 1. The molecule has 0 unspecified atom stereocenters. The summed E-state index contributed by atoms with van der Waals surface area (Å²) in [5.74, 6) is 1.21. The van der Waals surface area contributed by atoms with Crippen LogP contribution in [0.2, 0.25) is 0 Å². The van der Waals surface area contributed by atoms with Crippen LogP contribution in [0.5, 0.6) is 0 Å². The molecule has 3 heterocycles. The Balaban J connectivity index is 1.65. The molecule has 0 radical (unpaired) electrons. The molecule has 0 spiro atoms. The van der Waals surface area contributed by atoms with Crippen LogP contribution >= 0.6 is 0 Å². The predicted molar refractivity (Wildman–Crippen MR) is 82.8 cm³/mol. The third kappa shape index (κ3) is 2.98. The Hall–Kier alpha value is -2.97. The normalized spacial score (nSPS) is 10.9. The third-order valence-electron chi connectivity index (χ3n) is 3.59. The lowest BCUT2D eigenvalue weighted by atomic mass is 10.2. The van der Waals surface area contributed by atoms with E-state index in [0.29, 0.717) is 29.3 Å². The molecule has 120 valence electrons. The van der Waals surface area contributed by atoms with Gasteiger partial charge in [-0.2, -0.15) is 0 Å². The summed E-state index contributed by atoms with van der Waals surface area (Å²) in [4.78, 5) is 29.2. The molecule has 2 N–H and O–H groups in total. The second-order valence-electron chi connectivity index (χ2n) is 5.23. The monoisotopic (exact) mass is 315 g/mol. The van der Waals surface area contributed by atoms with Crippen molar-refractivity contribution in [1.82, 2.24) is 30.4 Å². The van der Waals surface area contributed by atoms with Crippen molar-refractivity contribution in [2.75, 3.05) is 18.5 Å². The Bertz CT molecular complexity index is 819. The Morgan fingerprint density at radius 3 is 2.91 bits per heavy atom. The number of carbonyl (C=O) groups is 1. The fourth-order valence-corrected chi connectivity index (χ4v) is 2.33. The Morgan fingerprint density at radius 2 is 2.17 bits per heavy atom. The van der Waals surface area contributed by atoms with Gasteiger partial charge in [-0.15, -0.1) is 0 Å². The maximum Gasteiger partial charge on any atom is 0.239 e. The average Bonchev–Trinajstić information content (AvgIpc) is 3.12. The van der Waals surface area contributed by atoms with Gasteiger partial charge in [-0.05, 0) is 13.8 Å². The number of nitrogens with zero attached hydrogens (tertiary/aromatic N) is 5. The van der Waals surface area contributed by atoms with Crippen LogP contribution in [0.1, 0.15) is 17.0 Å². The fourth-order valence-electron chi connectivity index (χ4n) is 2.33. The van der Waals surface area contributed by atoms with Crippen molar-refractivity contribution in [3.8, 4) is 0 Å². The van der Waals surface area contributed by atoms with E-state index in [0.717, 1.165) is 11.3 Å². The summed E-state index contributed by atoms with van der Waals surface area (Å²) in [7, 11) is 1.79. The number of aromatic nitrogens is 5. The van der Waals surface area contributed by atoms with Gasteiger partial charge < -0.3 is 19.7 Å². The molecule has 3 aromatic rings. The maximum absolute atomic E-state index is 12.1. The molecule has 3 aromatic heterocycles. The number of hydrogen-bond donors (Lipinski definition) is 2. The van der Waals surface area contributed by atoms with E-state index in [4.69, 9.17) is 4.52 Å². The van der Waals surface area contributed by atoms with Crippen LogP contribution in [0.15, 0.2) is 17.2 Å². The number of anilines is 1. The number of H-pyrrole nitrogens is 1. The van der Waals surface area contributed by atoms with Gasteiger partial charge in [0.25, 0.3) is 0 Å². The number of likely N-dealkylation sites (N-methyl/N-ethyl adjacent to an activating group) is 1. The van der Waals surface area contributed by atoms with Crippen LogP contribution in [-0.2, 0) is 11.3 Å². The van der Waals surface area contributed by atoms with E-state index in [1.165, 1.54) is 6.33 Å². The molecule has 0 aliphatic rings. The second kappa shape index (κ2) is 6.03. The standard InChI is InChI=1S/C14H17N7O2/c1-8-10(9(2)23-20-8)4-15-11(22)5-21(3)14-12-13(17-6-16-12)18-7-19-14/h6-7H,4-5H2,1-3H3,(H,15,22)(H,16,17,18,19). The van der Waals surface area contributed by atoms with Crippen molar-refractivity contribution in [3.05, 3.63) is 29.7 Å². The number of hydrogen-bond acceptors (Lipinski definition) is 7. The minimum atomic E-state index is -0.126. The molecule has 3 rings (SSSR count). The summed E-state index contributed by atoms with van der Waals surface area (Å²) in [5, 5.41) is 6.73. The first-order valence-electron chi connectivity index (χ1n) is 7.10. The second-order valence-corrected chi connectivity index (χ2v) is 5.23. The Morgan fingerprint density at radius 1 is 1.35 bits per heavy atom. The minimum Gasteiger partial charge on any atom is -0.361 e. The smallest absolute Gasteiger partial charge is 0.239 e. The van der Waals surface area contributed by atoms with Crippen LogP contribution in [0.4, 0.5) is 5.82 Å². The zero-order valence-corrected chi connectivity index (χ0v) is 13.1. The molecular weight excluding hydrogens is 298 g/mol. The number of fused-ring (bicyclic) bond motifs is 1. The van der Waals surface area contributed by atoms with Gasteiger partial charge in [0.1, 0.15) is 17.6 Å². The van der Waals surface area contributed by atoms with Crippen LogP contribution in [0.3, 0.4) is 0 Å². The van der Waals surface area contributed by atoms with Gasteiger partial charge in [-0.3, -0.25) is 4.79 Å². The average molecular weight is 315 g/mol. The molecule has 0 aliphatic heterocycles. The van der Waals surface area contributed by atoms with Gasteiger partial charge in [0, 0.05) is 19.2 Å². The van der Waals surface area contributed by atoms with E-state index in [1.807, 2.05) is 13.8 Å². The molecule has 0 bridgehead atoms. The molecule has 0 saturated carbocycles. The highest BCUT2D eigenvalue weighted by Gasteiger charge is 2.15. The van der Waals surface area contributed by atoms with E-state index >= 15 is 0 Å². The summed E-state index contributed by atoms with van der Waals surface area (Å²) in [5.41, 5.74) is 2.96. The van der Waals surface area contributed by atoms with Gasteiger partial charge in [-0.25, -0.2) is 15.0 Å².